The monoisotopic (exact) mass is 192 g/mol. The Labute approximate surface area is 80.2 Å². The number of rotatable bonds is 0. The lowest BCUT2D eigenvalue weighted by Gasteiger charge is -2.00. The van der Waals surface area contributed by atoms with E-state index in [-0.39, 0.29) is 10.8 Å². The molecule has 1 heterocycles. The minimum absolute atomic E-state index is 0.0242. The summed E-state index contributed by atoms with van der Waals surface area (Å²) in [4.78, 5) is 7.46. The van der Waals surface area contributed by atoms with Crippen molar-refractivity contribution in [3.63, 3.8) is 0 Å². The summed E-state index contributed by atoms with van der Waals surface area (Å²) in [7, 11) is 5.43. The molecule has 0 saturated carbocycles. The second-order valence-electron chi connectivity index (χ2n) is 2.58. The molecule has 0 saturated heterocycles. The van der Waals surface area contributed by atoms with Crippen molar-refractivity contribution >= 4 is 35.8 Å². The summed E-state index contributed by atoms with van der Waals surface area (Å²) in [6.45, 7) is 0. The van der Waals surface area contributed by atoms with Crippen LogP contribution >= 0.6 is 11.6 Å². The van der Waals surface area contributed by atoms with E-state index in [0.717, 1.165) is 0 Å². The number of hydrogen-bond donors (Lipinski definition) is 0. The molecule has 0 N–H and O–H groups in total. The van der Waals surface area contributed by atoms with Gasteiger partial charge in [-0.15, -0.1) is 0 Å². The average molecular weight is 192 g/mol. The van der Waals surface area contributed by atoms with Gasteiger partial charge in [0.25, 0.3) is 0 Å². The van der Waals surface area contributed by atoms with Gasteiger partial charge in [-0.1, -0.05) is 11.5 Å². The van der Waals surface area contributed by atoms with E-state index in [0.29, 0.717) is 10.8 Å². The largest absolute Gasteiger partial charge is 0.226 e. The van der Waals surface area contributed by atoms with Crippen LogP contribution in [-0.2, 0) is 0 Å². The van der Waals surface area contributed by atoms with Gasteiger partial charge in [-0.2, -0.15) is 0 Å². The maximum absolute atomic E-state index is 13.2. The third kappa shape index (κ3) is 1.49. The molecule has 2 radical (unpaired) electrons. The van der Waals surface area contributed by atoms with E-state index in [1.165, 1.54) is 12.3 Å². The number of nitrogens with zero attached hydrogens (tertiary/aromatic N) is 2. The first kappa shape index (κ1) is 8.44. The van der Waals surface area contributed by atoms with E-state index < -0.39 is 5.82 Å². The predicted octanol–water partition coefficient (Wildman–Crippen LogP) is 1.22. The van der Waals surface area contributed by atoms with E-state index in [9.17, 15) is 4.39 Å². The van der Waals surface area contributed by atoms with Crippen LogP contribution in [0.25, 0.3) is 10.9 Å². The molecule has 0 atom stereocenters. The number of fused-ring (bicyclic) bond motifs is 1. The predicted molar refractivity (Wildman–Crippen MR) is 49.9 cm³/mol. The zero-order valence-corrected chi connectivity index (χ0v) is 7.22. The Hall–Kier alpha value is -1.16. The Morgan fingerprint density at radius 1 is 1.38 bits per heavy atom. The summed E-state index contributed by atoms with van der Waals surface area (Å²) in [6, 6.07) is 2.79. The molecular formula is C8H3BClFN2. The zero-order valence-electron chi connectivity index (χ0n) is 6.46. The molecule has 1 aromatic heterocycles. The first-order valence-electron chi connectivity index (χ1n) is 3.54. The number of hydrogen-bond acceptors (Lipinski definition) is 2. The van der Waals surface area contributed by atoms with Gasteiger partial charge in [0, 0.05) is 11.6 Å². The minimum atomic E-state index is -0.487. The maximum atomic E-state index is 13.2. The fourth-order valence-corrected chi connectivity index (χ4v) is 1.24. The third-order valence-electron chi connectivity index (χ3n) is 1.63. The molecule has 13 heavy (non-hydrogen) atoms. The molecule has 0 amide bonds. The van der Waals surface area contributed by atoms with Crippen molar-refractivity contribution in [2.75, 3.05) is 0 Å². The van der Waals surface area contributed by atoms with Crippen molar-refractivity contribution in [1.29, 1.82) is 0 Å². The van der Waals surface area contributed by atoms with Crippen LogP contribution in [0.5, 0.6) is 0 Å². The molecule has 0 spiro atoms. The number of halogens is 2. The molecule has 5 heteroatoms. The molecule has 1 aromatic carbocycles. The second-order valence-corrected chi connectivity index (χ2v) is 2.92. The molecule has 62 valence electrons. The Kier molecular flexibility index (Phi) is 1.92. The van der Waals surface area contributed by atoms with Crippen molar-refractivity contribution in [2.45, 2.75) is 0 Å². The van der Waals surface area contributed by atoms with Crippen molar-refractivity contribution in [3.8, 4) is 0 Å². The van der Waals surface area contributed by atoms with Crippen LogP contribution in [0, 0.1) is 5.82 Å². The van der Waals surface area contributed by atoms with Crippen molar-refractivity contribution in [2.24, 2.45) is 0 Å². The zero-order chi connectivity index (χ0) is 9.42. The van der Waals surface area contributed by atoms with Crippen LogP contribution < -0.4 is 5.46 Å². The van der Waals surface area contributed by atoms with Gasteiger partial charge in [0.2, 0.25) is 5.28 Å². The highest BCUT2D eigenvalue weighted by molar-refractivity contribution is 6.33. The molecule has 0 aliphatic rings. The van der Waals surface area contributed by atoms with Crippen LogP contribution in [0.4, 0.5) is 4.39 Å². The molecular weight excluding hydrogens is 189 g/mol. The Bertz CT molecular complexity index is 475. The highest BCUT2D eigenvalue weighted by Gasteiger charge is 2.04. The maximum Gasteiger partial charge on any atom is 0.223 e. The van der Waals surface area contributed by atoms with E-state index >= 15 is 0 Å². The molecule has 0 unspecified atom stereocenters. The van der Waals surface area contributed by atoms with Gasteiger partial charge < -0.3 is 0 Å². The second kappa shape index (κ2) is 2.96. The van der Waals surface area contributed by atoms with E-state index in [2.05, 4.69) is 9.97 Å². The van der Waals surface area contributed by atoms with Crippen molar-refractivity contribution in [1.82, 2.24) is 9.97 Å². The quantitative estimate of drug-likeness (QED) is 0.463. The molecule has 0 fully saturated rings. The molecule has 2 nitrogen and oxygen atoms in total. The van der Waals surface area contributed by atoms with Gasteiger partial charge in [-0.25, -0.2) is 14.4 Å². The third-order valence-corrected chi connectivity index (χ3v) is 1.81. The fraction of sp³-hybridized carbons (Fsp3) is 0. The van der Waals surface area contributed by atoms with Gasteiger partial charge in [0.1, 0.15) is 19.2 Å². The highest BCUT2D eigenvalue weighted by Crippen LogP contribution is 2.14. The first-order chi connectivity index (χ1) is 6.16. The Morgan fingerprint density at radius 3 is 2.92 bits per heavy atom. The Morgan fingerprint density at radius 2 is 2.15 bits per heavy atom. The standard InChI is InChI=1S/C8H3BClFN2/c9-5-1-4-3-12-8(10)13-7(4)6(11)2-5/h1-3H. The van der Waals surface area contributed by atoms with Crippen LogP contribution in [0.2, 0.25) is 5.28 Å². The summed E-state index contributed by atoms with van der Waals surface area (Å²) in [6.07, 6.45) is 1.43. The number of aromatic nitrogens is 2. The number of benzene rings is 1. The summed E-state index contributed by atoms with van der Waals surface area (Å²) < 4.78 is 13.2. The smallest absolute Gasteiger partial charge is 0.223 e. The molecule has 0 aliphatic heterocycles. The summed E-state index contributed by atoms with van der Waals surface area (Å²) in [5.74, 6) is -0.487. The minimum Gasteiger partial charge on any atom is -0.226 e. The van der Waals surface area contributed by atoms with Gasteiger partial charge in [-0.05, 0) is 17.7 Å². The Balaban J connectivity index is 2.87. The summed E-state index contributed by atoms with van der Waals surface area (Å²) in [5, 5.41) is 0.568. The lowest BCUT2D eigenvalue weighted by molar-refractivity contribution is 0.637. The topological polar surface area (TPSA) is 25.8 Å². The van der Waals surface area contributed by atoms with Crippen molar-refractivity contribution < 1.29 is 4.39 Å². The average Bonchev–Trinajstić information content (AvgIpc) is 2.06. The fourth-order valence-electron chi connectivity index (χ4n) is 1.10. The van der Waals surface area contributed by atoms with E-state index in [1.807, 2.05) is 0 Å². The van der Waals surface area contributed by atoms with Crippen LogP contribution in [-0.4, -0.2) is 17.8 Å². The molecule has 2 rings (SSSR count). The van der Waals surface area contributed by atoms with Gasteiger partial charge >= 0.3 is 0 Å². The highest BCUT2D eigenvalue weighted by atomic mass is 35.5. The molecule has 2 aromatic rings. The van der Waals surface area contributed by atoms with Gasteiger partial charge in [0.05, 0.1) is 0 Å². The lowest BCUT2D eigenvalue weighted by Crippen LogP contribution is -2.03. The van der Waals surface area contributed by atoms with Crippen molar-refractivity contribution in [3.05, 3.63) is 29.4 Å². The SMILES string of the molecule is [B]c1cc(F)c2nc(Cl)ncc2c1. The molecule has 0 aliphatic carbocycles. The normalized spacial score (nSPS) is 10.6. The van der Waals surface area contributed by atoms with Gasteiger partial charge in [-0.3, -0.25) is 0 Å². The van der Waals surface area contributed by atoms with Crippen LogP contribution in [0.15, 0.2) is 18.3 Å². The van der Waals surface area contributed by atoms with Crippen LogP contribution in [0.3, 0.4) is 0 Å². The van der Waals surface area contributed by atoms with Gasteiger partial charge in [0.15, 0.2) is 0 Å². The lowest BCUT2D eigenvalue weighted by atomic mass is 9.95. The first-order valence-corrected chi connectivity index (χ1v) is 3.92. The van der Waals surface area contributed by atoms with Crippen LogP contribution in [0.1, 0.15) is 0 Å². The van der Waals surface area contributed by atoms with E-state index in [1.54, 1.807) is 6.07 Å². The van der Waals surface area contributed by atoms with E-state index in [4.69, 9.17) is 19.4 Å². The summed E-state index contributed by atoms with van der Waals surface area (Å²) >= 11 is 5.51. The molecule has 0 bridgehead atoms. The summed E-state index contributed by atoms with van der Waals surface area (Å²) in [5.41, 5.74) is 0.533.